The van der Waals surface area contributed by atoms with Gasteiger partial charge in [-0.2, -0.15) is 0 Å². The number of rotatable bonds is 6. The lowest BCUT2D eigenvalue weighted by molar-refractivity contribution is -0.119. The van der Waals surface area contributed by atoms with E-state index in [2.05, 4.69) is 22.9 Å². The number of fused-ring (bicyclic) bond motifs is 2. The highest BCUT2D eigenvalue weighted by Crippen LogP contribution is 2.37. The van der Waals surface area contributed by atoms with Gasteiger partial charge in [-0.15, -0.1) is 0 Å². The van der Waals surface area contributed by atoms with Crippen LogP contribution in [0.15, 0.2) is 41.3 Å². The van der Waals surface area contributed by atoms with Crippen molar-refractivity contribution < 1.29 is 13.2 Å². The Morgan fingerprint density at radius 1 is 1.03 bits per heavy atom. The molecule has 0 bridgehead atoms. The fourth-order valence-electron chi connectivity index (χ4n) is 4.94. The molecule has 0 unspecified atom stereocenters. The summed E-state index contributed by atoms with van der Waals surface area (Å²) in [4.78, 5) is 14.6. The Hall–Kier alpha value is -2.18. The summed E-state index contributed by atoms with van der Waals surface area (Å²) >= 11 is 0. The Morgan fingerprint density at radius 2 is 1.81 bits per heavy atom. The van der Waals surface area contributed by atoms with Crippen molar-refractivity contribution in [2.24, 2.45) is 5.92 Å². The first kappa shape index (κ1) is 20.7. The molecule has 1 fully saturated rings. The fourth-order valence-corrected chi connectivity index (χ4v) is 6.30. The van der Waals surface area contributed by atoms with Gasteiger partial charge in [0.2, 0.25) is 15.9 Å². The number of hydrogen-bond acceptors (Lipinski definition) is 3. The zero-order valence-corrected chi connectivity index (χ0v) is 18.9. The number of carbonyl (C=O) groups excluding carboxylic acids is 1. The first-order valence-corrected chi connectivity index (χ1v) is 13.0. The molecule has 0 radical (unpaired) electrons. The summed E-state index contributed by atoms with van der Waals surface area (Å²) in [6.45, 7) is 2.66. The maximum absolute atomic E-state index is 13.2. The van der Waals surface area contributed by atoms with Crippen LogP contribution < -0.4 is 9.62 Å². The van der Waals surface area contributed by atoms with Crippen LogP contribution in [0.25, 0.3) is 0 Å². The first-order valence-electron chi connectivity index (χ1n) is 11.5. The average Bonchev–Trinajstić information content (AvgIpc) is 3.55. The number of nitrogens with zero attached hydrogens (tertiary/aromatic N) is 1. The summed E-state index contributed by atoms with van der Waals surface area (Å²) in [7, 11) is -3.66. The van der Waals surface area contributed by atoms with Crippen molar-refractivity contribution in [3.05, 3.63) is 58.7 Å². The van der Waals surface area contributed by atoms with Gasteiger partial charge in [-0.05, 0) is 91.8 Å². The Morgan fingerprint density at radius 3 is 2.55 bits per heavy atom. The molecule has 164 valence electrons. The summed E-state index contributed by atoms with van der Waals surface area (Å²) < 4.78 is 29.3. The molecule has 5 nitrogen and oxygen atoms in total. The smallest absolute Gasteiger partial charge is 0.241 e. The summed E-state index contributed by atoms with van der Waals surface area (Å²) in [5.41, 5.74) is 5.61. The molecule has 1 heterocycles. The van der Waals surface area contributed by atoms with Gasteiger partial charge in [-0.25, -0.2) is 13.1 Å². The Kier molecular flexibility index (Phi) is 5.39. The zero-order valence-electron chi connectivity index (χ0n) is 18.1. The number of anilines is 1. The third kappa shape index (κ3) is 4.03. The molecule has 31 heavy (non-hydrogen) atoms. The van der Waals surface area contributed by atoms with E-state index in [-0.39, 0.29) is 22.8 Å². The Labute approximate surface area is 184 Å². The molecule has 0 aromatic heterocycles. The van der Waals surface area contributed by atoms with E-state index in [1.54, 1.807) is 18.2 Å². The number of amides is 1. The maximum atomic E-state index is 13.2. The number of carbonyl (C=O) groups is 1. The van der Waals surface area contributed by atoms with Crippen molar-refractivity contribution in [1.29, 1.82) is 0 Å². The molecule has 1 N–H and O–H groups in total. The van der Waals surface area contributed by atoms with Gasteiger partial charge in [0.1, 0.15) is 0 Å². The molecule has 1 atom stereocenters. The van der Waals surface area contributed by atoms with Crippen LogP contribution in [-0.4, -0.2) is 20.9 Å². The summed E-state index contributed by atoms with van der Waals surface area (Å²) in [6, 6.07) is 11.4. The number of aryl methyl sites for hydroxylation is 2. The SMILES string of the molecule is CC[C@@H](NS(=O)(=O)c1ccc2c(c1)CCN2C(=O)C1CC1)c1ccc2c(c1)CCCC2. The third-order valence-corrected chi connectivity index (χ3v) is 8.40. The highest BCUT2D eigenvalue weighted by Gasteiger charge is 2.36. The molecular formula is C25H30N2O3S. The molecule has 1 aliphatic heterocycles. The second-order valence-electron chi connectivity index (χ2n) is 9.12. The van der Waals surface area contributed by atoms with E-state index in [0.717, 1.165) is 42.5 Å². The number of sulfonamides is 1. The van der Waals surface area contributed by atoms with Crippen molar-refractivity contribution in [3.63, 3.8) is 0 Å². The van der Waals surface area contributed by atoms with Gasteiger partial charge in [0, 0.05) is 24.2 Å². The Balaban J connectivity index is 1.37. The van der Waals surface area contributed by atoms with Crippen molar-refractivity contribution in [2.75, 3.05) is 11.4 Å². The molecule has 5 rings (SSSR count). The van der Waals surface area contributed by atoms with E-state index in [1.165, 1.54) is 24.0 Å². The number of nitrogens with one attached hydrogen (secondary N) is 1. The van der Waals surface area contributed by atoms with Gasteiger partial charge >= 0.3 is 0 Å². The van der Waals surface area contributed by atoms with Crippen molar-refractivity contribution >= 4 is 21.6 Å². The molecule has 1 amide bonds. The molecule has 6 heteroatoms. The number of benzene rings is 2. The van der Waals surface area contributed by atoms with E-state index >= 15 is 0 Å². The molecule has 2 aromatic carbocycles. The molecule has 2 aliphatic carbocycles. The molecule has 3 aliphatic rings. The van der Waals surface area contributed by atoms with Gasteiger partial charge in [0.25, 0.3) is 0 Å². The van der Waals surface area contributed by atoms with Gasteiger partial charge in [-0.3, -0.25) is 4.79 Å². The van der Waals surface area contributed by atoms with Crippen molar-refractivity contribution in [2.45, 2.75) is 69.2 Å². The van der Waals surface area contributed by atoms with Crippen LogP contribution in [0.5, 0.6) is 0 Å². The average molecular weight is 439 g/mol. The second-order valence-corrected chi connectivity index (χ2v) is 10.8. The minimum absolute atomic E-state index is 0.165. The van der Waals surface area contributed by atoms with Crippen LogP contribution >= 0.6 is 0 Å². The first-order chi connectivity index (χ1) is 15.0. The van der Waals surface area contributed by atoms with Crippen LogP contribution in [0, 0.1) is 5.92 Å². The lowest BCUT2D eigenvalue weighted by Gasteiger charge is -2.22. The van der Waals surface area contributed by atoms with E-state index in [1.807, 2.05) is 11.8 Å². The molecule has 0 spiro atoms. The van der Waals surface area contributed by atoms with Gasteiger partial charge in [0.05, 0.1) is 4.90 Å². The standard InChI is InChI=1S/C25H30N2O3S/c1-2-23(20-10-7-17-5-3-4-6-19(17)15-20)26-31(29,30)22-11-12-24-21(16-22)13-14-27(24)25(28)18-8-9-18/h7,10-12,15-16,18,23,26H,2-6,8-9,13-14H2,1H3/t23-/m1/s1. The van der Waals surface area contributed by atoms with Crippen LogP contribution in [-0.2, 0) is 34.1 Å². The second kappa shape index (κ2) is 8.06. The van der Waals surface area contributed by atoms with Crippen molar-refractivity contribution in [1.82, 2.24) is 4.72 Å². The molecule has 1 saturated carbocycles. The van der Waals surface area contributed by atoms with Crippen LogP contribution in [0.2, 0.25) is 0 Å². The lowest BCUT2D eigenvalue weighted by Crippen LogP contribution is -2.30. The Bertz CT molecular complexity index is 1120. The molecule has 0 saturated heterocycles. The number of hydrogen-bond donors (Lipinski definition) is 1. The predicted molar refractivity (Wildman–Crippen MR) is 122 cm³/mol. The van der Waals surface area contributed by atoms with Crippen LogP contribution in [0.3, 0.4) is 0 Å². The van der Waals surface area contributed by atoms with E-state index < -0.39 is 10.0 Å². The van der Waals surface area contributed by atoms with Crippen molar-refractivity contribution in [3.8, 4) is 0 Å². The fraction of sp³-hybridized carbons (Fsp3) is 0.480. The monoisotopic (exact) mass is 438 g/mol. The summed E-state index contributed by atoms with van der Waals surface area (Å²) in [5, 5.41) is 0. The third-order valence-electron chi connectivity index (χ3n) is 6.93. The van der Waals surface area contributed by atoms with E-state index in [4.69, 9.17) is 0 Å². The minimum atomic E-state index is -3.66. The van der Waals surface area contributed by atoms with E-state index in [9.17, 15) is 13.2 Å². The van der Waals surface area contributed by atoms with Crippen LogP contribution in [0.1, 0.15) is 67.3 Å². The largest absolute Gasteiger partial charge is 0.312 e. The van der Waals surface area contributed by atoms with Crippen LogP contribution in [0.4, 0.5) is 5.69 Å². The lowest BCUT2D eigenvalue weighted by atomic mass is 9.89. The highest BCUT2D eigenvalue weighted by atomic mass is 32.2. The molecule has 2 aromatic rings. The zero-order chi connectivity index (χ0) is 21.6. The van der Waals surface area contributed by atoms with E-state index in [0.29, 0.717) is 19.4 Å². The van der Waals surface area contributed by atoms with Gasteiger partial charge in [0.15, 0.2) is 0 Å². The van der Waals surface area contributed by atoms with Gasteiger partial charge < -0.3 is 4.90 Å². The predicted octanol–water partition coefficient (Wildman–Crippen LogP) is 4.29. The quantitative estimate of drug-likeness (QED) is 0.731. The maximum Gasteiger partial charge on any atom is 0.241 e. The summed E-state index contributed by atoms with van der Waals surface area (Å²) in [5.74, 6) is 0.351. The normalized spacial score (nSPS) is 19.1. The minimum Gasteiger partial charge on any atom is -0.312 e. The highest BCUT2D eigenvalue weighted by molar-refractivity contribution is 7.89. The molecular weight excluding hydrogens is 408 g/mol. The summed E-state index contributed by atoms with van der Waals surface area (Å²) in [6.07, 6.45) is 7.98. The topological polar surface area (TPSA) is 66.5 Å². The van der Waals surface area contributed by atoms with Gasteiger partial charge in [-0.1, -0.05) is 25.1 Å².